The third kappa shape index (κ3) is 5.77. The maximum absolute atomic E-state index is 11.9. The van der Waals surface area contributed by atoms with Crippen molar-refractivity contribution in [2.45, 2.75) is 0 Å². The second kappa shape index (κ2) is 11.7. The molecular formula is C34H26N2O2. The van der Waals surface area contributed by atoms with E-state index in [-0.39, 0.29) is 11.8 Å². The smallest absolute Gasteiger partial charge is 0.256 e. The van der Waals surface area contributed by atoms with Crippen LogP contribution in [0.4, 0.5) is 11.4 Å². The van der Waals surface area contributed by atoms with Crippen LogP contribution >= 0.6 is 0 Å². The lowest BCUT2D eigenvalue weighted by Crippen LogP contribution is -2.03. The number of amides is 2. The number of hydrogen-bond donors (Lipinski definition) is 2. The Morgan fingerprint density at radius 2 is 0.816 bits per heavy atom. The van der Waals surface area contributed by atoms with Crippen molar-refractivity contribution in [1.29, 1.82) is 0 Å². The molecule has 2 N–H and O–H groups in total. The van der Waals surface area contributed by atoms with Gasteiger partial charge < -0.3 is 10.6 Å². The number of carbonyl (C=O) groups excluding carboxylic acids is 2. The van der Waals surface area contributed by atoms with Crippen LogP contribution < -0.4 is 10.6 Å². The summed E-state index contributed by atoms with van der Waals surface area (Å²) >= 11 is 0. The highest BCUT2D eigenvalue weighted by molar-refractivity contribution is 6.32. The summed E-state index contributed by atoms with van der Waals surface area (Å²) in [4.78, 5) is 23.7. The fourth-order valence-corrected chi connectivity index (χ4v) is 4.25. The normalized spacial score (nSPS) is 15.8. The molecule has 0 saturated heterocycles. The molecule has 0 spiro atoms. The molecule has 4 aromatic rings. The van der Waals surface area contributed by atoms with Gasteiger partial charge in [-0.3, -0.25) is 9.59 Å². The highest BCUT2D eigenvalue weighted by atomic mass is 16.2. The zero-order valence-electron chi connectivity index (χ0n) is 20.7. The molecule has 2 aliphatic heterocycles. The number of hydrogen-bond acceptors (Lipinski definition) is 2. The van der Waals surface area contributed by atoms with Crippen LogP contribution in [0.3, 0.4) is 0 Å². The van der Waals surface area contributed by atoms with E-state index in [4.69, 9.17) is 0 Å². The molecule has 4 aromatic carbocycles. The predicted molar refractivity (Wildman–Crippen MR) is 157 cm³/mol. The summed E-state index contributed by atoms with van der Waals surface area (Å²) in [6.07, 6.45) is 11.5. The summed E-state index contributed by atoms with van der Waals surface area (Å²) in [6.45, 7) is 0. The molecule has 0 aliphatic carbocycles. The summed E-state index contributed by atoms with van der Waals surface area (Å²) < 4.78 is 0. The Balaban J connectivity index is 0.000000155. The summed E-state index contributed by atoms with van der Waals surface area (Å²) in [7, 11) is 0. The molecule has 2 amide bonds. The molecule has 0 bridgehead atoms. The van der Waals surface area contributed by atoms with Crippen molar-refractivity contribution in [3.05, 3.63) is 156 Å². The average molecular weight is 495 g/mol. The summed E-state index contributed by atoms with van der Waals surface area (Å²) in [5, 5.41) is 5.71. The van der Waals surface area contributed by atoms with Gasteiger partial charge in [0, 0.05) is 33.6 Å². The van der Waals surface area contributed by atoms with E-state index in [1.807, 2.05) is 146 Å². The van der Waals surface area contributed by atoms with Crippen LogP contribution in [0.15, 0.2) is 133 Å². The Hall–Kier alpha value is -5.22. The van der Waals surface area contributed by atoms with Gasteiger partial charge in [-0.2, -0.15) is 0 Å². The quantitative estimate of drug-likeness (QED) is 0.289. The zero-order chi connectivity index (χ0) is 26.2. The van der Waals surface area contributed by atoms with Crippen molar-refractivity contribution in [1.82, 2.24) is 0 Å². The molecule has 0 aromatic heterocycles. The predicted octanol–water partition coefficient (Wildman–Crippen LogP) is 7.47. The van der Waals surface area contributed by atoms with Crippen LogP contribution in [-0.4, -0.2) is 11.8 Å². The standard InChI is InChI=1S/2C17H13NO/c2*19-17-15(14-10-4-5-12-16(14)18-17)11-6-9-13-7-2-1-3-8-13/h2*1-12H,(H,18,19)/b2*9-6+,15-11-. The van der Waals surface area contributed by atoms with Gasteiger partial charge in [0.05, 0.1) is 0 Å². The van der Waals surface area contributed by atoms with Gasteiger partial charge >= 0.3 is 0 Å². The monoisotopic (exact) mass is 494 g/mol. The molecule has 2 aliphatic rings. The highest BCUT2D eigenvalue weighted by Gasteiger charge is 2.23. The van der Waals surface area contributed by atoms with Crippen LogP contribution in [-0.2, 0) is 9.59 Å². The Bertz CT molecular complexity index is 1460. The van der Waals surface area contributed by atoms with Crippen molar-refractivity contribution in [2.75, 3.05) is 10.6 Å². The Morgan fingerprint density at radius 3 is 1.24 bits per heavy atom. The van der Waals surface area contributed by atoms with E-state index in [1.54, 1.807) is 0 Å². The molecule has 0 atom stereocenters. The second-order valence-corrected chi connectivity index (χ2v) is 8.70. The Labute approximate surface area is 222 Å². The minimum Gasteiger partial charge on any atom is -0.321 e. The third-order valence-electron chi connectivity index (χ3n) is 6.12. The van der Waals surface area contributed by atoms with E-state index in [0.29, 0.717) is 11.1 Å². The third-order valence-corrected chi connectivity index (χ3v) is 6.12. The highest BCUT2D eigenvalue weighted by Crippen LogP contribution is 2.32. The van der Waals surface area contributed by atoms with E-state index in [9.17, 15) is 9.59 Å². The van der Waals surface area contributed by atoms with E-state index >= 15 is 0 Å². The number of para-hydroxylation sites is 2. The zero-order valence-corrected chi connectivity index (χ0v) is 20.7. The SMILES string of the molecule is O=C1Nc2ccccc2/C1=C/C=C/c1ccccc1.O=C1Nc2ccccc2/C1=C/C=C/c1ccccc1. The number of fused-ring (bicyclic) bond motifs is 2. The number of allylic oxidation sites excluding steroid dienone is 4. The van der Waals surface area contributed by atoms with E-state index in [0.717, 1.165) is 33.6 Å². The second-order valence-electron chi connectivity index (χ2n) is 8.70. The molecule has 0 unspecified atom stereocenters. The van der Waals surface area contributed by atoms with Gasteiger partial charge in [-0.25, -0.2) is 0 Å². The van der Waals surface area contributed by atoms with Gasteiger partial charge in [0.1, 0.15) is 0 Å². The number of anilines is 2. The summed E-state index contributed by atoms with van der Waals surface area (Å²) in [5.41, 5.74) is 7.34. The van der Waals surface area contributed by atoms with Crippen molar-refractivity contribution >= 4 is 46.5 Å². The fourth-order valence-electron chi connectivity index (χ4n) is 4.25. The average Bonchev–Trinajstić information content (AvgIpc) is 3.45. The molecule has 2 heterocycles. The van der Waals surface area contributed by atoms with Gasteiger partial charge in [0.25, 0.3) is 11.8 Å². The molecule has 0 saturated carbocycles. The van der Waals surface area contributed by atoms with Crippen LogP contribution in [0.25, 0.3) is 23.3 Å². The van der Waals surface area contributed by atoms with Crippen LogP contribution in [0.5, 0.6) is 0 Å². The first-order valence-electron chi connectivity index (χ1n) is 12.4. The Kier molecular flexibility index (Phi) is 7.52. The number of nitrogens with one attached hydrogen (secondary N) is 2. The minimum atomic E-state index is -0.0427. The lowest BCUT2D eigenvalue weighted by Gasteiger charge is -1.95. The molecule has 6 rings (SSSR count). The molecule has 0 fully saturated rings. The maximum Gasteiger partial charge on any atom is 0.256 e. The first kappa shape index (κ1) is 24.5. The summed E-state index contributed by atoms with van der Waals surface area (Å²) in [6, 6.07) is 35.5. The van der Waals surface area contributed by atoms with Gasteiger partial charge in [0.2, 0.25) is 0 Å². The fraction of sp³-hybridized carbons (Fsp3) is 0. The van der Waals surface area contributed by atoms with E-state index in [1.165, 1.54) is 0 Å². The van der Waals surface area contributed by atoms with Crippen molar-refractivity contribution in [3.63, 3.8) is 0 Å². The van der Waals surface area contributed by atoms with Crippen LogP contribution in [0.2, 0.25) is 0 Å². The number of benzene rings is 4. The Morgan fingerprint density at radius 1 is 0.447 bits per heavy atom. The molecule has 4 heteroatoms. The van der Waals surface area contributed by atoms with Crippen LogP contribution in [0, 0.1) is 0 Å². The largest absolute Gasteiger partial charge is 0.321 e. The molecule has 38 heavy (non-hydrogen) atoms. The number of rotatable bonds is 4. The lowest BCUT2D eigenvalue weighted by atomic mass is 10.1. The number of carbonyl (C=O) groups is 2. The van der Waals surface area contributed by atoms with Gasteiger partial charge in [0.15, 0.2) is 0 Å². The molecule has 4 nitrogen and oxygen atoms in total. The molecular weight excluding hydrogens is 468 g/mol. The maximum atomic E-state index is 11.9. The van der Waals surface area contributed by atoms with Crippen molar-refractivity contribution in [3.8, 4) is 0 Å². The molecule has 0 radical (unpaired) electrons. The first-order valence-corrected chi connectivity index (χ1v) is 12.4. The lowest BCUT2D eigenvalue weighted by molar-refractivity contribution is -0.111. The molecule has 184 valence electrons. The van der Waals surface area contributed by atoms with E-state index in [2.05, 4.69) is 10.6 Å². The van der Waals surface area contributed by atoms with Gasteiger partial charge in [-0.15, -0.1) is 0 Å². The minimum absolute atomic E-state index is 0.0427. The van der Waals surface area contributed by atoms with Gasteiger partial charge in [-0.1, -0.05) is 121 Å². The van der Waals surface area contributed by atoms with Crippen molar-refractivity contribution < 1.29 is 9.59 Å². The van der Waals surface area contributed by atoms with Gasteiger partial charge in [-0.05, 0) is 35.4 Å². The first-order chi connectivity index (χ1) is 18.7. The van der Waals surface area contributed by atoms with Crippen molar-refractivity contribution in [2.24, 2.45) is 0 Å². The van der Waals surface area contributed by atoms with Crippen LogP contribution in [0.1, 0.15) is 22.3 Å². The topological polar surface area (TPSA) is 58.2 Å². The summed E-state index contributed by atoms with van der Waals surface area (Å²) in [5.74, 6) is -0.0853. The van der Waals surface area contributed by atoms with E-state index < -0.39 is 0 Å².